The molecule has 1 nitrogen and oxygen atoms in total. The molecular formula is C22H28OP2. The maximum atomic E-state index is 7.00. The van der Waals surface area contributed by atoms with E-state index in [0.717, 1.165) is 12.1 Å². The summed E-state index contributed by atoms with van der Waals surface area (Å²) in [5, 5.41) is 2.64. The molecule has 2 aliphatic rings. The summed E-state index contributed by atoms with van der Waals surface area (Å²) < 4.78 is 7.00. The normalized spacial score (nSPS) is 30.1. The highest BCUT2D eigenvalue weighted by atomic mass is 31.1. The summed E-state index contributed by atoms with van der Waals surface area (Å²) in [4.78, 5) is 0. The van der Waals surface area contributed by atoms with Gasteiger partial charge in [0.05, 0.1) is 14.3 Å². The predicted octanol–water partition coefficient (Wildman–Crippen LogP) is 5.12. The number of hydrogen-bond acceptors (Lipinski definition) is 1. The molecule has 4 unspecified atom stereocenters. The Morgan fingerprint density at radius 2 is 1.56 bits per heavy atom. The Bertz CT molecular complexity index is 676. The molecule has 0 heterocycles. The van der Waals surface area contributed by atoms with Crippen molar-refractivity contribution in [3.8, 4) is 0 Å². The van der Waals surface area contributed by atoms with E-state index in [4.69, 9.17) is 4.52 Å². The highest BCUT2D eigenvalue weighted by Gasteiger charge is 2.64. The average molecular weight is 370 g/mol. The van der Waals surface area contributed by atoms with Crippen molar-refractivity contribution in [2.75, 3.05) is 6.16 Å². The van der Waals surface area contributed by atoms with Crippen LogP contribution in [0.2, 0.25) is 0 Å². The van der Waals surface area contributed by atoms with Gasteiger partial charge in [-0.3, -0.25) is 0 Å². The summed E-state index contributed by atoms with van der Waals surface area (Å²) >= 11 is 0. The van der Waals surface area contributed by atoms with Crippen molar-refractivity contribution in [2.24, 2.45) is 16.7 Å². The summed E-state index contributed by atoms with van der Waals surface area (Å²) in [6.07, 6.45) is 5.42. The van der Waals surface area contributed by atoms with Crippen molar-refractivity contribution in [2.45, 2.75) is 39.2 Å². The molecule has 0 N–H and O–H groups in total. The van der Waals surface area contributed by atoms with E-state index in [9.17, 15) is 0 Å². The van der Waals surface area contributed by atoms with E-state index in [0.29, 0.717) is 16.9 Å². The van der Waals surface area contributed by atoms with Crippen LogP contribution < -0.4 is 10.6 Å². The Labute approximate surface area is 155 Å². The molecule has 0 amide bonds. The van der Waals surface area contributed by atoms with Gasteiger partial charge in [-0.2, -0.15) is 0 Å². The molecule has 0 radical (unpaired) electrons. The molecule has 2 aromatic rings. The maximum Gasteiger partial charge on any atom is 0.0921 e. The van der Waals surface area contributed by atoms with Crippen LogP contribution in [-0.2, 0) is 4.52 Å². The van der Waals surface area contributed by atoms with E-state index < -0.39 is 8.15 Å². The van der Waals surface area contributed by atoms with Crippen LogP contribution in [0.15, 0.2) is 60.7 Å². The van der Waals surface area contributed by atoms with Crippen LogP contribution in [0.25, 0.3) is 0 Å². The minimum atomic E-state index is -0.762. The minimum absolute atomic E-state index is 0.312. The Morgan fingerprint density at radius 3 is 2.04 bits per heavy atom. The van der Waals surface area contributed by atoms with E-state index in [1.54, 1.807) is 0 Å². The second-order valence-electron chi connectivity index (χ2n) is 8.11. The lowest BCUT2D eigenvalue weighted by atomic mass is 9.70. The smallest absolute Gasteiger partial charge is 0.0921 e. The molecule has 2 saturated carbocycles. The first-order valence-electron chi connectivity index (χ1n) is 9.35. The zero-order chi connectivity index (χ0) is 17.5. The van der Waals surface area contributed by atoms with Crippen molar-refractivity contribution < 1.29 is 4.52 Å². The van der Waals surface area contributed by atoms with Crippen LogP contribution in [0, 0.1) is 16.7 Å². The van der Waals surface area contributed by atoms with Gasteiger partial charge in [0.2, 0.25) is 0 Å². The third kappa shape index (κ3) is 2.80. The number of benzene rings is 2. The topological polar surface area (TPSA) is 9.23 Å². The summed E-state index contributed by atoms with van der Waals surface area (Å²) in [7, 11) is 2.28. The standard InChI is InChI=1S/C22H28OP2/c1-21(2)17-13-14-22(21,16-24)20(15-17)23-25(18-9-5-3-6-10-18)19-11-7-4-8-12-19/h3-12,17,20H,13-16,24H2,1-2H3. The van der Waals surface area contributed by atoms with Gasteiger partial charge < -0.3 is 4.52 Å². The molecule has 4 rings (SSSR count). The van der Waals surface area contributed by atoms with E-state index in [1.165, 1.54) is 29.9 Å². The molecule has 0 aromatic heterocycles. The number of rotatable bonds is 5. The van der Waals surface area contributed by atoms with Crippen LogP contribution in [0.1, 0.15) is 33.1 Å². The second kappa shape index (κ2) is 6.77. The van der Waals surface area contributed by atoms with Crippen molar-refractivity contribution in [1.29, 1.82) is 0 Å². The Morgan fingerprint density at radius 1 is 1.00 bits per heavy atom. The fraction of sp³-hybridized carbons (Fsp3) is 0.455. The second-order valence-corrected chi connectivity index (χ2v) is 10.4. The Balaban J connectivity index is 1.69. The lowest BCUT2D eigenvalue weighted by molar-refractivity contribution is 0.0442. The SMILES string of the molecule is CC1(C)C2CCC1(CP)C(OP(c1ccccc1)c1ccccc1)C2. The Kier molecular flexibility index (Phi) is 4.78. The molecule has 2 aliphatic carbocycles. The summed E-state index contributed by atoms with van der Waals surface area (Å²) in [5.41, 5.74) is 0.695. The van der Waals surface area contributed by atoms with Gasteiger partial charge in [-0.15, -0.1) is 9.24 Å². The van der Waals surface area contributed by atoms with Gasteiger partial charge in [0.15, 0.2) is 0 Å². The van der Waals surface area contributed by atoms with E-state index in [2.05, 4.69) is 83.8 Å². The van der Waals surface area contributed by atoms with Crippen LogP contribution in [0.5, 0.6) is 0 Å². The molecule has 132 valence electrons. The third-order valence-electron chi connectivity index (χ3n) is 6.94. The van der Waals surface area contributed by atoms with Crippen LogP contribution in [0.4, 0.5) is 0 Å². The molecule has 0 saturated heterocycles. The van der Waals surface area contributed by atoms with Gasteiger partial charge in [0, 0.05) is 16.0 Å². The molecule has 25 heavy (non-hydrogen) atoms. The molecule has 2 fully saturated rings. The molecule has 4 atom stereocenters. The molecule has 0 spiro atoms. The number of hydrogen-bond donors (Lipinski definition) is 0. The highest BCUT2D eigenvalue weighted by Crippen LogP contribution is 2.68. The fourth-order valence-corrected chi connectivity index (χ4v) is 8.12. The van der Waals surface area contributed by atoms with Crippen LogP contribution in [-0.4, -0.2) is 12.3 Å². The first kappa shape index (κ1) is 17.7. The average Bonchev–Trinajstić information content (AvgIpc) is 3.03. The fourth-order valence-electron chi connectivity index (χ4n) is 5.16. The zero-order valence-corrected chi connectivity index (χ0v) is 17.2. The summed E-state index contributed by atoms with van der Waals surface area (Å²) in [6, 6.07) is 21.6. The van der Waals surface area contributed by atoms with Crippen LogP contribution >= 0.6 is 17.4 Å². The molecule has 2 aromatic carbocycles. The van der Waals surface area contributed by atoms with Gasteiger partial charge in [0.1, 0.15) is 0 Å². The van der Waals surface area contributed by atoms with Crippen molar-refractivity contribution in [1.82, 2.24) is 0 Å². The summed E-state index contributed by atoms with van der Waals surface area (Å²) in [6.45, 7) is 4.96. The predicted molar refractivity (Wildman–Crippen MR) is 112 cm³/mol. The van der Waals surface area contributed by atoms with Crippen molar-refractivity contribution in [3.05, 3.63) is 60.7 Å². The quantitative estimate of drug-likeness (QED) is 0.664. The van der Waals surface area contributed by atoms with E-state index in [1.807, 2.05) is 0 Å². The van der Waals surface area contributed by atoms with Crippen molar-refractivity contribution in [3.63, 3.8) is 0 Å². The van der Waals surface area contributed by atoms with Gasteiger partial charge in [0.25, 0.3) is 0 Å². The van der Waals surface area contributed by atoms with E-state index in [-0.39, 0.29) is 0 Å². The lowest BCUT2D eigenvalue weighted by Crippen LogP contribution is -2.41. The lowest BCUT2D eigenvalue weighted by Gasteiger charge is -2.42. The van der Waals surface area contributed by atoms with Gasteiger partial charge >= 0.3 is 0 Å². The highest BCUT2D eigenvalue weighted by molar-refractivity contribution is 7.68. The minimum Gasteiger partial charge on any atom is -0.346 e. The van der Waals surface area contributed by atoms with Crippen LogP contribution in [0.3, 0.4) is 0 Å². The van der Waals surface area contributed by atoms with Gasteiger partial charge in [-0.05, 0) is 36.8 Å². The van der Waals surface area contributed by atoms with Crippen molar-refractivity contribution >= 4 is 28.0 Å². The largest absolute Gasteiger partial charge is 0.346 e. The molecule has 2 bridgehead atoms. The van der Waals surface area contributed by atoms with Gasteiger partial charge in [-0.1, -0.05) is 74.5 Å². The maximum absolute atomic E-state index is 7.00. The zero-order valence-electron chi connectivity index (χ0n) is 15.2. The monoisotopic (exact) mass is 370 g/mol. The number of fused-ring (bicyclic) bond motifs is 2. The molecular weight excluding hydrogens is 342 g/mol. The first-order chi connectivity index (χ1) is 12.1. The summed E-state index contributed by atoms with van der Waals surface area (Å²) in [5.74, 6) is 0.807. The molecule has 0 aliphatic heterocycles. The third-order valence-corrected chi connectivity index (χ3v) is 9.66. The first-order valence-corrected chi connectivity index (χ1v) is 11.4. The Hall–Kier alpha value is -0.740. The van der Waals surface area contributed by atoms with Gasteiger partial charge in [-0.25, -0.2) is 0 Å². The van der Waals surface area contributed by atoms with E-state index >= 15 is 0 Å². The molecule has 3 heteroatoms.